The summed E-state index contributed by atoms with van der Waals surface area (Å²) < 4.78 is 19.2. The Labute approximate surface area is 172 Å². The van der Waals surface area contributed by atoms with Crippen LogP contribution in [0.25, 0.3) is 22.4 Å². The first-order valence-electron chi connectivity index (χ1n) is 9.32. The third-order valence-corrected chi connectivity index (χ3v) is 4.75. The topological polar surface area (TPSA) is 94.0 Å². The van der Waals surface area contributed by atoms with Crippen molar-refractivity contribution in [3.8, 4) is 22.4 Å². The van der Waals surface area contributed by atoms with Crippen LogP contribution >= 0.6 is 0 Å². The van der Waals surface area contributed by atoms with E-state index in [-0.39, 0.29) is 24.0 Å². The molecule has 0 fully saturated rings. The molecule has 30 heavy (non-hydrogen) atoms. The van der Waals surface area contributed by atoms with Gasteiger partial charge in [0.2, 0.25) is 11.8 Å². The standard InChI is InChI=1S/C23H19FN4O2/c1-14-12-17(6-7-18(14)24)22-21(15-8-10-26-11-9-15)23(30-28-22)27-20(29)13-16-4-2-3-5-19(16)25/h2-12H,13,25H2,1H3,(H,27,29). The van der Waals surface area contributed by atoms with Crippen LogP contribution in [-0.4, -0.2) is 16.0 Å². The molecule has 0 unspecified atom stereocenters. The van der Waals surface area contributed by atoms with Crippen molar-refractivity contribution in [2.45, 2.75) is 13.3 Å². The first kappa shape index (κ1) is 19.3. The second-order valence-corrected chi connectivity index (χ2v) is 6.86. The maximum atomic E-state index is 13.7. The van der Waals surface area contributed by atoms with Crippen molar-refractivity contribution in [2.75, 3.05) is 11.1 Å². The normalized spacial score (nSPS) is 10.7. The maximum Gasteiger partial charge on any atom is 0.239 e. The average Bonchev–Trinajstić information content (AvgIpc) is 3.15. The zero-order valence-electron chi connectivity index (χ0n) is 16.2. The third-order valence-electron chi connectivity index (χ3n) is 4.75. The van der Waals surface area contributed by atoms with Crippen LogP contribution in [0, 0.1) is 12.7 Å². The quantitative estimate of drug-likeness (QED) is 0.475. The summed E-state index contributed by atoms with van der Waals surface area (Å²) in [5.41, 5.74) is 10.2. The Morgan fingerprint density at radius 3 is 2.60 bits per heavy atom. The zero-order chi connectivity index (χ0) is 21.1. The fourth-order valence-electron chi connectivity index (χ4n) is 3.19. The monoisotopic (exact) mass is 402 g/mol. The smallest absolute Gasteiger partial charge is 0.239 e. The van der Waals surface area contributed by atoms with Crippen LogP contribution in [0.4, 0.5) is 16.0 Å². The first-order chi connectivity index (χ1) is 14.5. The van der Waals surface area contributed by atoms with Gasteiger partial charge in [-0.25, -0.2) is 4.39 Å². The Kier molecular flexibility index (Phi) is 5.26. The molecule has 0 saturated heterocycles. The Balaban J connectivity index is 1.71. The number of nitrogens with one attached hydrogen (secondary N) is 1. The third kappa shape index (κ3) is 3.91. The predicted octanol–water partition coefficient (Wildman–Crippen LogP) is 4.61. The summed E-state index contributed by atoms with van der Waals surface area (Å²) in [6.45, 7) is 1.68. The lowest BCUT2D eigenvalue weighted by molar-refractivity contribution is -0.115. The van der Waals surface area contributed by atoms with Gasteiger partial charge in [0.1, 0.15) is 11.5 Å². The number of hydrogen-bond acceptors (Lipinski definition) is 5. The molecular weight excluding hydrogens is 383 g/mol. The molecule has 2 aromatic carbocycles. The Hall–Kier alpha value is -4.00. The number of hydrogen-bond donors (Lipinski definition) is 2. The summed E-state index contributed by atoms with van der Waals surface area (Å²) in [4.78, 5) is 16.7. The maximum absolute atomic E-state index is 13.7. The van der Waals surface area contributed by atoms with Crippen LogP contribution in [0.3, 0.4) is 0 Å². The lowest BCUT2D eigenvalue weighted by Crippen LogP contribution is -2.15. The Bertz CT molecular complexity index is 1210. The number of halogens is 1. The molecule has 2 aromatic heterocycles. The average molecular weight is 402 g/mol. The van der Waals surface area contributed by atoms with Gasteiger partial charge in [-0.1, -0.05) is 23.4 Å². The number of nitrogens with two attached hydrogens (primary N) is 1. The molecule has 150 valence electrons. The number of benzene rings is 2. The van der Waals surface area contributed by atoms with E-state index in [1.807, 2.05) is 12.1 Å². The highest BCUT2D eigenvalue weighted by molar-refractivity contribution is 5.98. The highest BCUT2D eigenvalue weighted by Gasteiger charge is 2.22. The Morgan fingerprint density at radius 1 is 1.10 bits per heavy atom. The van der Waals surface area contributed by atoms with Gasteiger partial charge in [-0.3, -0.25) is 15.1 Å². The molecular formula is C23H19FN4O2. The van der Waals surface area contributed by atoms with Crippen molar-refractivity contribution < 1.29 is 13.7 Å². The number of aromatic nitrogens is 2. The van der Waals surface area contributed by atoms with Crippen molar-refractivity contribution in [3.63, 3.8) is 0 Å². The van der Waals surface area contributed by atoms with E-state index in [1.54, 1.807) is 55.7 Å². The van der Waals surface area contributed by atoms with Gasteiger partial charge in [0, 0.05) is 23.6 Å². The van der Waals surface area contributed by atoms with E-state index >= 15 is 0 Å². The highest BCUT2D eigenvalue weighted by atomic mass is 19.1. The molecule has 3 N–H and O–H groups in total. The second-order valence-electron chi connectivity index (χ2n) is 6.86. The number of carbonyl (C=O) groups excluding carboxylic acids is 1. The van der Waals surface area contributed by atoms with Crippen LogP contribution in [0.5, 0.6) is 0 Å². The summed E-state index contributed by atoms with van der Waals surface area (Å²) in [6, 6.07) is 15.5. The number of rotatable bonds is 5. The minimum atomic E-state index is -0.304. The number of pyridine rings is 1. The molecule has 0 bridgehead atoms. The van der Waals surface area contributed by atoms with Crippen molar-refractivity contribution in [1.29, 1.82) is 0 Å². The van der Waals surface area contributed by atoms with Crippen LogP contribution in [0.15, 0.2) is 71.5 Å². The van der Waals surface area contributed by atoms with Gasteiger partial charge >= 0.3 is 0 Å². The molecule has 7 heteroatoms. The molecule has 0 aliphatic carbocycles. The molecule has 0 atom stereocenters. The largest absolute Gasteiger partial charge is 0.398 e. The molecule has 4 rings (SSSR count). The van der Waals surface area contributed by atoms with Gasteiger partial charge in [-0.05, 0) is 60.0 Å². The number of anilines is 2. The molecule has 0 spiro atoms. The summed E-state index contributed by atoms with van der Waals surface area (Å²) in [5.74, 6) is -0.388. The molecule has 0 aliphatic rings. The number of carbonyl (C=O) groups is 1. The van der Waals surface area contributed by atoms with Gasteiger partial charge in [0.25, 0.3) is 0 Å². The van der Waals surface area contributed by atoms with E-state index in [9.17, 15) is 9.18 Å². The molecule has 0 saturated carbocycles. The van der Waals surface area contributed by atoms with E-state index in [2.05, 4.69) is 15.5 Å². The zero-order valence-corrected chi connectivity index (χ0v) is 16.2. The van der Waals surface area contributed by atoms with Crippen LogP contribution in [0.2, 0.25) is 0 Å². The number of nitrogens with zero attached hydrogens (tertiary/aromatic N) is 2. The summed E-state index contributed by atoms with van der Waals surface area (Å²) in [6.07, 6.45) is 3.37. The molecule has 0 radical (unpaired) electrons. The van der Waals surface area contributed by atoms with E-state index in [1.165, 1.54) is 6.07 Å². The van der Waals surface area contributed by atoms with E-state index in [0.717, 1.165) is 5.56 Å². The highest BCUT2D eigenvalue weighted by Crippen LogP contribution is 2.38. The molecule has 6 nitrogen and oxygen atoms in total. The fraction of sp³-hybridized carbons (Fsp3) is 0.0870. The van der Waals surface area contributed by atoms with Crippen molar-refractivity contribution in [2.24, 2.45) is 0 Å². The molecule has 0 aliphatic heterocycles. The fourth-order valence-corrected chi connectivity index (χ4v) is 3.19. The van der Waals surface area contributed by atoms with E-state index in [4.69, 9.17) is 10.3 Å². The lowest BCUT2D eigenvalue weighted by Gasteiger charge is -2.08. The summed E-state index contributed by atoms with van der Waals surface area (Å²) in [5, 5.41) is 6.94. The minimum absolute atomic E-state index is 0.0914. The number of para-hydroxylation sites is 1. The predicted molar refractivity (Wildman–Crippen MR) is 113 cm³/mol. The first-order valence-corrected chi connectivity index (χ1v) is 9.32. The number of nitrogen functional groups attached to an aromatic ring is 1. The Morgan fingerprint density at radius 2 is 1.87 bits per heavy atom. The molecule has 1 amide bonds. The van der Waals surface area contributed by atoms with Gasteiger partial charge in [0.05, 0.1) is 12.0 Å². The molecule has 2 heterocycles. The second kappa shape index (κ2) is 8.16. The van der Waals surface area contributed by atoms with Crippen LogP contribution < -0.4 is 11.1 Å². The van der Waals surface area contributed by atoms with Gasteiger partial charge in [-0.15, -0.1) is 0 Å². The summed E-state index contributed by atoms with van der Waals surface area (Å²) >= 11 is 0. The van der Waals surface area contributed by atoms with Crippen molar-refractivity contribution in [3.05, 3.63) is 83.9 Å². The minimum Gasteiger partial charge on any atom is -0.398 e. The van der Waals surface area contributed by atoms with Crippen LogP contribution in [0.1, 0.15) is 11.1 Å². The van der Waals surface area contributed by atoms with E-state index < -0.39 is 0 Å². The number of amides is 1. The summed E-state index contributed by atoms with van der Waals surface area (Å²) in [7, 11) is 0. The number of aryl methyl sites for hydroxylation is 1. The van der Waals surface area contributed by atoms with Gasteiger partial charge in [-0.2, -0.15) is 0 Å². The van der Waals surface area contributed by atoms with Gasteiger partial charge in [0.15, 0.2) is 0 Å². The lowest BCUT2D eigenvalue weighted by atomic mass is 10.0. The van der Waals surface area contributed by atoms with Gasteiger partial charge < -0.3 is 10.3 Å². The molecule has 4 aromatic rings. The van der Waals surface area contributed by atoms with Crippen LogP contribution in [-0.2, 0) is 11.2 Å². The van der Waals surface area contributed by atoms with Crippen molar-refractivity contribution in [1.82, 2.24) is 10.1 Å². The van der Waals surface area contributed by atoms with E-state index in [0.29, 0.717) is 33.6 Å². The SMILES string of the molecule is Cc1cc(-c2noc(NC(=O)Cc3ccccc3N)c2-c2ccncc2)ccc1F. The van der Waals surface area contributed by atoms with Crippen molar-refractivity contribution >= 4 is 17.5 Å².